The van der Waals surface area contributed by atoms with Crippen molar-refractivity contribution in [3.05, 3.63) is 76.9 Å². The van der Waals surface area contributed by atoms with Crippen molar-refractivity contribution in [2.24, 2.45) is 5.73 Å². The van der Waals surface area contributed by atoms with E-state index in [-0.39, 0.29) is 22.7 Å². The number of nitrogens with zero attached hydrogens (tertiary/aromatic N) is 5. The topological polar surface area (TPSA) is 115 Å². The minimum absolute atomic E-state index is 0.0167. The lowest BCUT2D eigenvalue weighted by atomic mass is 10.1. The molecule has 0 fully saturated rings. The molecule has 3 aromatic heterocycles. The molecule has 0 saturated carbocycles. The van der Waals surface area contributed by atoms with Gasteiger partial charge in [-0.15, -0.1) is 0 Å². The van der Waals surface area contributed by atoms with E-state index < -0.39 is 17.8 Å². The van der Waals surface area contributed by atoms with Crippen molar-refractivity contribution in [1.82, 2.24) is 19.9 Å². The minimum atomic E-state index is -4.56. The number of benzene rings is 1. The van der Waals surface area contributed by atoms with Crippen LogP contribution in [0, 0.1) is 13.8 Å². The number of aromatic nitrogens is 4. The number of hydrogen-bond acceptors (Lipinski definition) is 6. The number of pyridine rings is 2. The van der Waals surface area contributed by atoms with Gasteiger partial charge in [-0.3, -0.25) is 14.6 Å². The normalized spacial score (nSPS) is 11.5. The Morgan fingerprint density at radius 2 is 1.71 bits per heavy atom. The Bertz CT molecular complexity index is 1490. The fraction of sp³-hybridized carbons (Fsp3) is 0.167. The third-order valence-corrected chi connectivity index (χ3v) is 5.41. The van der Waals surface area contributed by atoms with Crippen molar-refractivity contribution >= 4 is 28.5 Å². The molecule has 0 unspecified atom stereocenters. The zero-order valence-electron chi connectivity index (χ0n) is 18.9. The summed E-state index contributed by atoms with van der Waals surface area (Å²) in [6.07, 6.45) is -1.97. The average Bonchev–Trinajstić information content (AvgIpc) is 2.82. The quantitative estimate of drug-likeness (QED) is 0.470. The van der Waals surface area contributed by atoms with Crippen molar-refractivity contribution in [2.75, 3.05) is 11.9 Å². The number of amides is 2. The maximum atomic E-state index is 13.1. The molecule has 1 aromatic carbocycles. The molecular formula is C24H19F3N6O2. The van der Waals surface area contributed by atoms with Gasteiger partial charge in [0, 0.05) is 30.1 Å². The number of rotatable bonds is 4. The average molecular weight is 480 g/mol. The molecule has 178 valence electrons. The van der Waals surface area contributed by atoms with Gasteiger partial charge in [-0.2, -0.15) is 13.2 Å². The summed E-state index contributed by atoms with van der Waals surface area (Å²) in [7, 11) is 1.59. The Kier molecular flexibility index (Phi) is 5.93. The highest BCUT2D eigenvalue weighted by atomic mass is 19.4. The number of halogens is 3. The van der Waals surface area contributed by atoms with E-state index in [1.165, 1.54) is 36.4 Å². The summed E-state index contributed by atoms with van der Waals surface area (Å²) in [5.41, 5.74) is 7.13. The second-order valence-corrected chi connectivity index (χ2v) is 7.91. The second-order valence-electron chi connectivity index (χ2n) is 7.91. The molecule has 4 aromatic rings. The van der Waals surface area contributed by atoms with E-state index in [1.54, 1.807) is 32.2 Å². The highest BCUT2D eigenvalue weighted by Gasteiger charge is 2.33. The first kappa shape index (κ1) is 23.7. The number of anilines is 1. The van der Waals surface area contributed by atoms with E-state index >= 15 is 0 Å². The maximum Gasteiger partial charge on any atom is 0.433 e. The van der Waals surface area contributed by atoms with Crippen LogP contribution < -0.4 is 10.6 Å². The van der Waals surface area contributed by atoms with E-state index in [4.69, 9.17) is 5.73 Å². The molecule has 2 amide bonds. The molecule has 8 nitrogen and oxygen atoms in total. The van der Waals surface area contributed by atoms with Crippen molar-refractivity contribution < 1.29 is 22.8 Å². The predicted octanol–water partition coefficient (Wildman–Crippen LogP) is 4.10. The van der Waals surface area contributed by atoms with Gasteiger partial charge in [-0.25, -0.2) is 15.0 Å². The molecule has 0 spiro atoms. The number of carbonyl (C=O) groups excluding carboxylic acids is 2. The Labute approximate surface area is 197 Å². The zero-order valence-corrected chi connectivity index (χ0v) is 18.9. The van der Waals surface area contributed by atoms with Crippen LogP contribution in [0.1, 0.15) is 37.7 Å². The van der Waals surface area contributed by atoms with Gasteiger partial charge in [-0.05, 0) is 61.4 Å². The molecule has 0 radical (unpaired) electrons. The van der Waals surface area contributed by atoms with Crippen LogP contribution in [0.5, 0.6) is 0 Å². The molecule has 2 N–H and O–H groups in total. The third-order valence-electron chi connectivity index (χ3n) is 5.41. The molecule has 11 heteroatoms. The van der Waals surface area contributed by atoms with Crippen LogP contribution in [0.3, 0.4) is 0 Å². The SMILES string of the molecule is Cc1cc(-c2ncc3nc(C(F)(F)F)cc(C)c3n2)ccc1N(C)C(=O)c1ccnc(C(N)=O)c1. The van der Waals surface area contributed by atoms with Gasteiger partial charge in [0.15, 0.2) is 5.82 Å². The summed E-state index contributed by atoms with van der Waals surface area (Å²) in [5, 5.41) is 0. The molecule has 0 aliphatic heterocycles. The molecule has 35 heavy (non-hydrogen) atoms. The monoisotopic (exact) mass is 480 g/mol. The van der Waals surface area contributed by atoms with Crippen LogP contribution >= 0.6 is 0 Å². The van der Waals surface area contributed by atoms with Crippen molar-refractivity contribution in [2.45, 2.75) is 20.0 Å². The van der Waals surface area contributed by atoms with Gasteiger partial charge in [0.1, 0.15) is 16.9 Å². The van der Waals surface area contributed by atoms with Gasteiger partial charge >= 0.3 is 6.18 Å². The standard InChI is InChI=1S/C24H19F3N6O2/c1-12-8-14(22-30-11-17-20(32-22)13(2)9-19(31-17)24(25,26)27)4-5-18(12)33(3)23(35)15-6-7-29-16(10-15)21(28)34/h4-11H,1-3H3,(H2,28,34). The highest BCUT2D eigenvalue weighted by molar-refractivity contribution is 6.07. The van der Waals surface area contributed by atoms with Crippen LogP contribution in [-0.2, 0) is 6.18 Å². The summed E-state index contributed by atoms with van der Waals surface area (Å²) < 4.78 is 39.2. The third kappa shape index (κ3) is 4.65. The molecule has 0 aliphatic rings. The summed E-state index contributed by atoms with van der Waals surface area (Å²) in [6, 6.07) is 8.96. The number of carbonyl (C=O) groups is 2. The molecule has 0 bridgehead atoms. The van der Waals surface area contributed by atoms with Gasteiger partial charge in [0.2, 0.25) is 0 Å². The number of alkyl halides is 3. The minimum Gasteiger partial charge on any atom is -0.364 e. The van der Waals surface area contributed by atoms with Gasteiger partial charge in [-0.1, -0.05) is 0 Å². The fourth-order valence-corrected chi connectivity index (χ4v) is 3.64. The number of aryl methyl sites for hydroxylation is 2. The van der Waals surface area contributed by atoms with Crippen molar-refractivity contribution in [1.29, 1.82) is 0 Å². The maximum absolute atomic E-state index is 13.1. The molecule has 0 aliphatic carbocycles. The van der Waals surface area contributed by atoms with Gasteiger partial charge < -0.3 is 10.6 Å². The van der Waals surface area contributed by atoms with E-state index in [9.17, 15) is 22.8 Å². The first-order valence-electron chi connectivity index (χ1n) is 10.3. The molecular weight excluding hydrogens is 461 g/mol. The fourth-order valence-electron chi connectivity index (χ4n) is 3.64. The van der Waals surface area contributed by atoms with Gasteiger partial charge in [0.25, 0.3) is 11.8 Å². The second kappa shape index (κ2) is 8.75. The largest absolute Gasteiger partial charge is 0.433 e. The number of fused-ring (bicyclic) bond motifs is 1. The Balaban J connectivity index is 1.66. The Hall–Kier alpha value is -4.41. The molecule has 4 rings (SSSR count). The highest BCUT2D eigenvalue weighted by Crippen LogP contribution is 2.31. The number of hydrogen-bond donors (Lipinski definition) is 1. The molecule has 0 saturated heterocycles. The van der Waals surface area contributed by atoms with Crippen molar-refractivity contribution in [3.63, 3.8) is 0 Å². The summed E-state index contributed by atoms with van der Waals surface area (Å²) in [5.74, 6) is -0.792. The lowest BCUT2D eigenvalue weighted by Crippen LogP contribution is -2.27. The van der Waals surface area contributed by atoms with E-state index in [0.717, 1.165) is 11.6 Å². The molecule has 0 atom stereocenters. The summed E-state index contributed by atoms with van der Waals surface area (Å²) >= 11 is 0. The van der Waals surface area contributed by atoms with Gasteiger partial charge in [0.05, 0.1) is 11.7 Å². The van der Waals surface area contributed by atoms with E-state index in [0.29, 0.717) is 28.2 Å². The lowest BCUT2D eigenvalue weighted by molar-refractivity contribution is -0.141. The number of nitrogens with two attached hydrogens (primary N) is 1. The summed E-state index contributed by atoms with van der Waals surface area (Å²) in [6.45, 7) is 3.33. The lowest BCUT2D eigenvalue weighted by Gasteiger charge is -2.20. The van der Waals surface area contributed by atoms with Crippen LogP contribution in [0.25, 0.3) is 22.4 Å². The first-order valence-corrected chi connectivity index (χ1v) is 10.3. The van der Waals surface area contributed by atoms with E-state index in [2.05, 4.69) is 19.9 Å². The predicted molar refractivity (Wildman–Crippen MR) is 123 cm³/mol. The zero-order chi connectivity index (χ0) is 25.5. The van der Waals surface area contributed by atoms with Crippen LogP contribution in [0.4, 0.5) is 18.9 Å². The van der Waals surface area contributed by atoms with E-state index in [1.807, 2.05) is 0 Å². The van der Waals surface area contributed by atoms with Crippen LogP contribution in [-0.4, -0.2) is 38.8 Å². The number of primary amides is 1. The van der Waals surface area contributed by atoms with Crippen LogP contribution in [0.2, 0.25) is 0 Å². The Morgan fingerprint density at radius 3 is 2.37 bits per heavy atom. The summed E-state index contributed by atoms with van der Waals surface area (Å²) in [4.78, 5) is 41.8. The smallest absolute Gasteiger partial charge is 0.364 e. The Morgan fingerprint density at radius 1 is 0.971 bits per heavy atom. The van der Waals surface area contributed by atoms with Crippen LogP contribution in [0.15, 0.2) is 48.8 Å². The first-order chi connectivity index (χ1) is 16.5. The molecule has 3 heterocycles. The van der Waals surface area contributed by atoms with Crippen molar-refractivity contribution in [3.8, 4) is 11.4 Å².